The highest BCUT2D eigenvalue weighted by molar-refractivity contribution is 6.03. The first-order valence-corrected chi connectivity index (χ1v) is 6.30. The maximum absolute atomic E-state index is 5.97. The number of nitrogens with zero attached hydrogens (tertiary/aromatic N) is 1. The van der Waals surface area contributed by atoms with E-state index in [4.69, 9.17) is 5.73 Å². The first kappa shape index (κ1) is 13.1. The van der Waals surface area contributed by atoms with Crippen LogP contribution in [0, 0.1) is 13.8 Å². The standard InChI is InChI=1S/C16H19N3/c1-11-4-7-14(8-5-11)19-18-13(3)15-10-12(2)6-9-16(15)17/h4-10,19H,17H2,1-3H3/b18-13+. The van der Waals surface area contributed by atoms with Gasteiger partial charge >= 0.3 is 0 Å². The minimum absolute atomic E-state index is 0.748. The van der Waals surface area contributed by atoms with E-state index < -0.39 is 0 Å². The Balaban J connectivity index is 2.19. The van der Waals surface area contributed by atoms with Gasteiger partial charge in [-0.3, -0.25) is 5.43 Å². The van der Waals surface area contributed by atoms with Crippen LogP contribution in [0.25, 0.3) is 0 Å². The van der Waals surface area contributed by atoms with E-state index in [1.807, 2.05) is 56.3 Å². The molecule has 0 aliphatic heterocycles. The molecule has 0 radical (unpaired) electrons. The molecule has 98 valence electrons. The summed E-state index contributed by atoms with van der Waals surface area (Å²) in [5.41, 5.74) is 15.0. The normalized spacial score (nSPS) is 11.4. The lowest BCUT2D eigenvalue weighted by Crippen LogP contribution is -2.04. The second-order valence-corrected chi connectivity index (χ2v) is 4.77. The molecule has 0 atom stereocenters. The fraction of sp³-hybridized carbons (Fsp3) is 0.188. The van der Waals surface area contributed by atoms with Crippen molar-refractivity contribution in [3.63, 3.8) is 0 Å². The van der Waals surface area contributed by atoms with E-state index in [-0.39, 0.29) is 0 Å². The van der Waals surface area contributed by atoms with E-state index in [1.54, 1.807) is 0 Å². The lowest BCUT2D eigenvalue weighted by molar-refractivity contribution is 1.31. The number of anilines is 2. The van der Waals surface area contributed by atoms with Gasteiger partial charge in [-0.05, 0) is 45.0 Å². The molecule has 3 nitrogen and oxygen atoms in total. The number of benzene rings is 2. The van der Waals surface area contributed by atoms with E-state index in [2.05, 4.69) is 17.5 Å². The van der Waals surface area contributed by atoms with E-state index in [9.17, 15) is 0 Å². The van der Waals surface area contributed by atoms with Gasteiger partial charge in [-0.1, -0.05) is 29.3 Å². The summed E-state index contributed by atoms with van der Waals surface area (Å²) in [6.45, 7) is 6.06. The Kier molecular flexibility index (Phi) is 3.85. The van der Waals surface area contributed by atoms with Gasteiger partial charge < -0.3 is 5.73 Å². The highest BCUT2D eigenvalue weighted by atomic mass is 15.3. The number of nitrogens with two attached hydrogens (primary N) is 1. The maximum Gasteiger partial charge on any atom is 0.0669 e. The van der Waals surface area contributed by atoms with Crippen molar-refractivity contribution < 1.29 is 0 Å². The molecule has 0 saturated heterocycles. The molecule has 3 heteroatoms. The molecule has 0 aliphatic rings. The number of hydrazone groups is 1. The van der Waals surface area contributed by atoms with Crippen LogP contribution in [0.15, 0.2) is 47.6 Å². The Bertz CT molecular complexity index is 598. The Labute approximate surface area is 114 Å². The van der Waals surface area contributed by atoms with E-state index in [1.165, 1.54) is 11.1 Å². The van der Waals surface area contributed by atoms with Crippen LogP contribution in [0.5, 0.6) is 0 Å². The highest BCUT2D eigenvalue weighted by Gasteiger charge is 2.03. The molecule has 0 heterocycles. The lowest BCUT2D eigenvalue weighted by Gasteiger charge is -2.07. The van der Waals surface area contributed by atoms with Crippen LogP contribution in [-0.4, -0.2) is 5.71 Å². The van der Waals surface area contributed by atoms with Gasteiger partial charge in [-0.15, -0.1) is 0 Å². The summed E-state index contributed by atoms with van der Waals surface area (Å²) in [5, 5.41) is 4.38. The predicted molar refractivity (Wildman–Crippen MR) is 82.6 cm³/mol. The molecular weight excluding hydrogens is 234 g/mol. The lowest BCUT2D eigenvalue weighted by atomic mass is 10.1. The van der Waals surface area contributed by atoms with Gasteiger partial charge in [0, 0.05) is 11.3 Å². The SMILES string of the molecule is C/C(=N\Nc1ccc(C)cc1)c1cc(C)ccc1N. The topological polar surface area (TPSA) is 50.4 Å². The van der Waals surface area contributed by atoms with E-state index >= 15 is 0 Å². The first-order valence-electron chi connectivity index (χ1n) is 6.30. The third-order valence-corrected chi connectivity index (χ3v) is 3.00. The van der Waals surface area contributed by atoms with Crippen LogP contribution in [0.3, 0.4) is 0 Å². The molecule has 0 aliphatic carbocycles. The average Bonchev–Trinajstić information content (AvgIpc) is 2.40. The van der Waals surface area contributed by atoms with Gasteiger partial charge in [0.1, 0.15) is 0 Å². The predicted octanol–water partition coefficient (Wildman–Crippen LogP) is 3.72. The summed E-state index contributed by atoms with van der Waals surface area (Å²) < 4.78 is 0. The minimum Gasteiger partial charge on any atom is -0.398 e. The molecule has 2 aromatic rings. The monoisotopic (exact) mass is 253 g/mol. The van der Waals surface area contributed by atoms with Crippen LogP contribution in [0.4, 0.5) is 11.4 Å². The van der Waals surface area contributed by atoms with Crippen molar-refractivity contribution >= 4 is 17.1 Å². The smallest absolute Gasteiger partial charge is 0.0669 e. The second-order valence-electron chi connectivity index (χ2n) is 4.77. The zero-order chi connectivity index (χ0) is 13.8. The van der Waals surface area contributed by atoms with Crippen LogP contribution in [0.2, 0.25) is 0 Å². The Morgan fingerprint density at radius 1 is 1.00 bits per heavy atom. The molecule has 0 saturated carbocycles. The molecule has 0 unspecified atom stereocenters. The van der Waals surface area contributed by atoms with Gasteiger partial charge in [0.25, 0.3) is 0 Å². The van der Waals surface area contributed by atoms with Crippen molar-refractivity contribution in [2.24, 2.45) is 5.10 Å². The Morgan fingerprint density at radius 3 is 2.32 bits per heavy atom. The van der Waals surface area contributed by atoms with Gasteiger partial charge in [-0.25, -0.2) is 0 Å². The summed E-state index contributed by atoms with van der Waals surface area (Å²) in [5.74, 6) is 0. The number of hydrogen-bond donors (Lipinski definition) is 2. The summed E-state index contributed by atoms with van der Waals surface area (Å²) in [6.07, 6.45) is 0. The number of aryl methyl sites for hydroxylation is 2. The maximum atomic E-state index is 5.97. The van der Waals surface area contributed by atoms with Gasteiger partial charge in [0.05, 0.1) is 11.4 Å². The number of rotatable bonds is 3. The van der Waals surface area contributed by atoms with Crippen molar-refractivity contribution in [2.45, 2.75) is 20.8 Å². The molecule has 0 aromatic heterocycles. The van der Waals surface area contributed by atoms with Crippen molar-refractivity contribution in [1.82, 2.24) is 0 Å². The zero-order valence-corrected chi connectivity index (χ0v) is 11.6. The zero-order valence-electron chi connectivity index (χ0n) is 11.6. The van der Waals surface area contributed by atoms with Crippen LogP contribution >= 0.6 is 0 Å². The third-order valence-electron chi connectivity index (χ3n) is 3.00. The average molecular weight is 253 g/mol. The fourth-order valence-corrected chi connectivity index (χ4v) is 1.82. The number of nitrogen functional groups attached to an aromatic ring is 1. The van der Waals surface area contributed by atoms with Gasteiger partial charge in [0.2, 0.25) is 0 Å². The third kappa shape index (κ3) is 3.35. The number of hydrogen-bond acceptors (Lipinski definition) is 3. The summed E-state index contributed by atoms with van der Waals surface area (Å²) >= 11 is 0. The van der Waals surface area contributed by atoms with Crippen LogP contribution in [-0.2, 0) is 0 Å². The van der Waals surface area contributed by atoms with Gasteiger partial charge in [0.15, 0.2) is 0 Å². The summed E-state index contributed by atoms with van der Waals surface area (Å²) in [7, 11) is 0. The van der Waals surface area contributed by atoms with Gasteiger partial charge in [-0.2, -0.15) is 5.10 Å². The molecule has 3 N–H and O–H groups in total. The van der Waals surface area contributed by atoms with Crippen molar-refractivity contribution in [1.29, 1.82) is 0 Å². The molecule has 0 spiro atoms. The number of nitrogens with one attached hydrogen (secondary N) is 1. The minimum atomic E-state index is 0.748. The summed E-state index contributed by atoms with van der Waals surface area (Å²) in [4.78, 5) is 0. The molecule has 0 fully saturated rings. The second kappa shape index (κ2) is 5.57. The first-order chi connectivity index (χ1) is 9.06. The fourth-order valence-electron chi connectivity index (χ4n) is 1.82. The molecular formula is C16H19N3. The summed E-state index contributed by atoms with van der Waals surface area (Å²) in [6, 6.07) is 14.1. The molecule has 19 heavy (non-hydrogen) atoms. The quantitative estimate of drug-likeness (QED) is 0.497. The molecule has 2 aromatic carbocycles. The van der Waals surface area contributed by atoms with E-state index in [0.29, 0.717) is 0 Å². The van der Waals surface area contributed by atoms with Crippen LogP contribution < -0.4 is 11.2 Å². The van der Waals surface area contributed by atoms with E-state index in [0.717, 1.165) is 22.6 Å². The van der Waals surface area contributed by atoms with Crippen molar-refractivity contribution in [2.75, 3.05) is 11.2 Å². The molecule has 0 bridgehead atoms. The molecule has 2 rings (SSSR count). The van der Waals surface area contributed by atoms with Crippen LogP contribution in [0.1, 0.15) is 23.6 Å². The highest BCUT2D eigenvalue weighted by Crippen LogP contribution is 2.15. The van der Waals surface area contributed by atoms with Crippen molar-refractivity contribution in [3.05, 3.63) is 59.2 Å². The largest absolute Gasteiger partial charge is 0.398 e. The molecule has 0 amide bonds. The Morgan fingerprint density at radius 2 is 1.63 bits per heavy atom. The van der Waals surface area contributed by atoms with Crippen molar-refractivity contribution in [3.8, 4) is 0 Å². The Hall–Kier alpha value is -2.29.